The second kappa shape index (κ2) is 9.78. The molecule has 0 saturated heterocycles. The van der Waals surface area contributed by atoms with Gasteiger partial charge in [0, 0.05) is 12.5 Å². The highest BCUT2D eigenvalue weighted by Gasteiger charge is 2.27. The molecule has 122 valence electrons. The van der Waals surface area contributed by atoms with E-state index in [9.17, 15) is 0 Å². The Hall–Kier alpha value is -1.16. The van der Waals surface area contributed by atoms with E-state index in [4.69, 9.17) is 14.2 Å². The van der Waals surface area contributed by atoms with Crippen molar-refractivity contribution in [2.75, 3.05) is 13.2 Å². The fraction of sp³-hybridized carbons (Fsp3) is 0.579. The molecule has 0 aromatic heterocycles. The van der Waals surface area contributed by atoms with Crippen LogP contribution in [0.2, 0.25) is 0 Å². The average molecular weight is 304 g/mol. The van der Waals surface area contributed by atoms with Crippen LogP contribution in [0.25, 0.3) is 0 Å². The number of hydrogen-bond acceptors (Lipinski definition) is 3. The van der Waals surface area contributed by atoms with Crippen LogP contribution in [0.3, 0.4) is 0 Å². The van der Waals surface area contributed by atoms with Gasteiger partial charge in [0.1, 0.15) is 6.10 Å². The van der Waals surface area contributed by atoms with E-state index in [1.165, 1.54) is 18.4 Å². The molecule has 3 atom stereocenters. The summed E-state index contributed by atoms with van der Waals surface area (Å²) in [5.74, 6) is 0.366. The van der Waals surface area contributed by atoms with Gasteiger partial charge in [0.15, 0.2) is 6.29 Å². The van der Waals surface area contributed by atoms with Crippen molar-refractivity contribution in [1.82, 2.24) is 0 Å². The molecule has 1 aromatic rings. The van der Waals surface area contributed by atoms with Gasteiger partial charge >= 0.3 is 0 Å². The molecular weight excluding hydrogens is 276 g/mol. The number of unbranched alkanes of at least 4 members (excludes halogenated alkanes) is 1. The van der Waals surface area contributed by atoms with Crippen molar-refractivity contribution in [3.63, 3.8) is 0 Å². The lowest BCUT2D eigenvalue weighted by atomic mass is 9.98. The Morgan fingerprint density at radius 2 is 1.91 bits per heavy atom. The smallest absolute Gasteiger partial charge is 0.164 e. The summed E-state index contributed by atoms with van der Waals surface area (Å²) >= 11 is 0. The molecule has 0 unspecified atom stereocenters. The van der Waals surface area contributed by atoms with Crippen molar-refractivity contribution in [2.45, 2.75) is 52.1 Å². The standard InChI is InChI=1S/C19H28O3/c1-3-5-11-17-12-13-18(22-19(17)21-4-2)15-20-14-16-9-7-6-8-10-16/h6-10,12-13,17-19H,3-5,11,14-15H2,1-2H3/t17-,18+,19+/m1/s1. The number of rotatable bonds is 9. The first-order valence-electron chi connectivity index (χ1n) is 8.40. The maximum atomic E-state index is 6.04. The van der Waals surface area contributed by atoms with Gasteiger partial charge in [-0.2, -0.15) is 0 Å². The minimum atomic E-state index is -0.133. The molecule has 0 N–H and O–H groups in total. The predicted molar refractivity (Wildman–Crippen MR) is 88.5 cm³/mol. The molecule has 22 heavy (non-hydrogen) atoms. The van der Waals surface area contributed by atoms with Crippen LogP contribution in [0.5, 0.6) is 0 Å². The van der Waals surface area contributed by atoms with Crippen LogP contribution in [0, 0.1) is 5.92 Å². The third-order valence-electron chi connectivity index (χ3n) is 3.85. The molecule has 0 spiro atoms. The number of benzene rings is 1. The van der Waals surface area contributed by atoms with E-state index in [0.29, 0.717) is 25.7 Å². The van der Waals surface area contributed by atoms with Crippen LogP contribution in [0.4, 0.5) is 0 Å². The summed E-state index contributed by atoms with van der Waals surface area (Å²) in [5, 5.41) is 0. The molecule has 2 rings (SSSR count). The van der Waals surface area contributed by atoms with Crippen molar-refractivity contribution >= 4 is 0 Å². The number of ether oxygens (including phenoxy) is 3. The minimum Gasteiger partial charge on any atom is -0.374 e. The van der Waals surface area contributed by atoms with Crippen molar-refractivity contribution in [3.8, 4) is 0 Å². The van der Waals surface area contributed by atoms with Gasteiger partial charge in [-0.1, -0.05) is 62.2 Å². The molecule has 0 amide bonds. The molecule has 1 aliphatic rings. The summed E-state index contributed by atoms with van der Waals surface area (Å²) in [6.45, 7) is 6.09. The summed E-state index contributed by atoms with van der Waals surface area (Å²) in [7, 11) is 0. The first kappa shape index (κ1) is 17.2. The summed E-state index contributed by atoms with van der Waals surface area (Å²) < 4.78 is 17.6. The van der Waals surface area contributed by atoms with Crippen LogP contribution in [-0.2, 0) is 20.8 Å². The molecule has 1 aliphatic heterocycles. The Kier molecular flexibility index (Phi) is 7.64. The number of hydrogen-bond donors (Lipinski definition) is 0. The lowest BCUT2D eigenvalue weighted by Crippen LogP contribution is -2.35. The molecule has 0 saturated carbocycles. The molecular formula is C19H28O3. The Morgan fingerprint density at radius 1 is 1.09 bits per heavy atom. The first-order chi connectivity index (χ1) is 10.8. The van der Waals surface area contributed by atoms with Gasteiger partial charge in [-0.05, 0) is 18.9 Å². The Labute approximate surface area is 134 Å². The second-order valence-corrected chi connectivity index (χ2v) is 5.69. The third kappa shape index (κ3) is 5.56. The van der Waals surface area contributed by atoms with Crippen LogP contribution in [0.1, 0.15) is 38.7 Å². The van der Waals surface area contributed by atoms with Gasteiger partial charge in [0.05, 0.1) is 13.2 Å². The maximum absolute atomic E-state index is 6.04. The molecule has 1 heterocycles. The molecule has 0 bridgehead atoms. The summed E-state index contributed by atoms with van der Waals surface area (Å²) in [6.07, 6.45) is 7.75. The fourth-order valence-electron chi connectivity index (χ4n) is 2.64. The zero-order valence-corrected chi connectivity index (χ0v) is 13.7. The SMILES string of the molecule is CCCC[C@@H]1C=C[C@@H](COCc2ccccc2)O[C@@H]1OCC. The van der Waals surface area contributed by atoms with Gasteiger partial charge in [-0.15, -0.1) is 0 Å². The highest BCUT2D eigenvalue weighted by Crippen LogP contribution is 2.25. The second-order valence-electron chi connectivity index (χ2n) is 5.69. The molecule has 3 nitrogen and oxygen atoms in total. The van der Waals surface area contributed by atoms with E-state index in [1.54, 1.807) is 0 Å². The zero-order valence-electron chi connectivity index (χ0n) is 13.7. The van der Waals surface area contributed by atoms with Gasteiger partial charge in [-0.25, -0.2) is 0 Å². The Bertz CT molecular complexity index is 430. The Morgan fingerprint density at radius 3 is 2.64 bits per heavy atom. The van der Waals surface area contributed by atoms with E-state index in [0.717, 1.165) is 6.42 Å². The molecule has 3 heteroatoms. The van der Waals surface area contributed by atoms with Crippen molar-refractivity contribution in [2.24, 2.45) is 5.92 Å². The predicted octanol–water partition coefficient (Wildman–Crippen LogP) is 4.33. The molecule has 1 aromatic carbocycles. The van der Waals surface area contributed by atoms with Gasteiger partial charge in [0.2, 0.25) is 0 Å². The molecule has 0 radical (unpaired) electrons. The average Bonchev–Trinajstić information content (AvgIpc) is 2.55. The van der Waals surface area contributed by atoms with E-state index in [-0.39, 0.29) is 12.4 Å². The van der Waals surface area contributed by atoms with E-state index in [2.05, 4.69) is 31.2 Å². The van der Waals surface area contributed by atoms with E-state index < -0.39 is 0 Å². The molecule has 0 fully saturated rings. The molecule has 0 aliphatic carbocycles. The van der Waals surface area contributed by atoms with Crippen molar-refractivity contribution < 1.29 is 14.2 Å². The monoisotopic (exact) mass is 304 g/mol. The van der Waals surface area contributed by atoms with Crippen molar-refractivity contribution in [1.29, 1.82) is 0 Å². The van der Waals surface area contributed by atoms with Crippen LogP contribution in [-0.4, -0.2) is 25.6 Å². The lowest BCUT2D eigenvalue weighted by Gasteiger charge is -2.32. The maximum Gasteiger partial charge on any atom is 0.164 e. The summed E-state index contributed by atoms with van der Waals surface area (Å²) in [5.41, 5.74) is 1.18. The van der Waals surface area contributed by atoms with Gasteiger partial charge in [-0.3, -0.25) is 0 Å². The summed E-state index contributed by atoms with van der Waals surface area (Å²) in [6, 6.07) is 10.2. The lowest BCUT2D eigenvalue weighted by molar-refractivity contribution is -0.195. The largest absolute Gasteiger partial charge is 0.374 e. The van der Waals surface area contributed by atoms with Gasteiger partial charge in [0.25, 0.3) is 0 Å². The third-order valence-corrected chi connectivity index (χ3v) is 3.85. The Balaban J connectivity index is 1.79. The minimum absolute atomic E-state index is 0.0156. The summed E-state index contributed by atoms with van der Waals surface area (Å²) in [4.78, 5) is 0. The fourth-order valence-corrected chi connectivity index (χ4v) is 2.64. The topological polar surface area (TPSA) is 27.7 Å². The quantitative estimate of drug-likeness (QED) is 0.636. The van der Waals surface area contributed by atoms with Crippen LogP contribution < -0.4 is 0 Å². The highest BCUT2D eigenvalue weighted by molar-refractivity contribution is 5.13. The van der Waals surface area contributed by atoms with E-state index >= 15 is 0 Å². The van der Waals surface area contributed by atoms with Crippen LogP contribution >= 0.6 is 0 Å². The zero-order chi connectivity index (χ0) is 15.6. The highest BCUT2D eigenvalue weighted by atomic mass is 16.7. The first-order valence-corrected chi connectivity index (χ1v) is 8.40. The van der Waals surface area contributed by atoms with Gasteiger partial charge < -0.3 is 14.2 Å². The normalized spacial score (nSPS) is 24.5. The van der Waals surface area contributed by atoms with Crippen LogP contribution in [0.15, 0.2) is 42.5 Å². The van der Waals surface area contributed by atoms with E-state index in [1.807, 2.05) is 25.1 Å². The van der Waals surface area contributed by atoms with Crippen molar-refractivity contribution in [3.05, 3.63) is 48.0 Å².